The minimum absolute atomic E-state index is 0.162. The number of aliphatic hydroxyl groups excluding tert-OH is 1. The Balaban J connectivity index is 2.35. The molecular weight excluding hydrogens is 242 g/mol. The lowest BCUT2D eigenvalue weighted by Gasteiger charge is -2.34. The van der Waals surface area contributed by atoms with Crippen molar-refractivity contribution in [2.75, 3.05) is 65.7 Å². The van der Waals surface area contributed by atoms with Gasteiger partial charge in [-0.25, -0.2) is 8.42 Å². The molecule has 1 aliphatic heterocycles. The van der Waals surface area contributed by atoms with Crippen molar-refractivity contribution in [3.63, 3.8) is 0 Å². The molecule has 1 fully saturated rings. The fraction of sp³-hybridized carbons (Fsp3) is 1.00. The predicted octanol–water partition coefficient (Wildman–Crippen LogP) is -1.51. The van der Waals surface area contributed by atoms with Crippen molar-refractivity contribution in [2.24, 2.45) is 0 Å². The van der Waals surface area contributed by atoms with Crippen molar-refractivity contribution in [1.82, 2.24) is 14.1 Å². The Morgan fingerprint density at radius 1 is 1.18 bits per heavy atom. The van der Waals surface area contributed by atoms with E-state index in [0.717, 1.165) is 26.2 Å². The molecular formula is C10H23N3O3S. The van der Waals surface area contributed by atoms with Crippen molar-refractivity contribution >= 4 is 10.0 Å². The summed E-state index contributed by atoms with van der Waals surface area (Å²) in [6.45, 7) is 4.29. The van der Waals surface area contributed by atoms with E-state index in [1.807, 2.05) is 14.1 Å². The van der Waals surface area contributed by atoms with Gasteiger partial charge in [0.05, 0.1) is 12.4 Å². The standard InChI is InChI=1S/C10H23N3O3S/c1-11(2)3-4-12-5-7-13(8-6-12)17(15,16)10-9-14/h14H,3-10H2,1-2H3. The second-order valence-corrected chi connectivity index (χ2v) is 6.67. The summed E-state index contributed by atoms with van der Waals surface area (Å²) in [5.41, 5.74) is 0. The lowest BCUT2D eigenvalue weighted by Crippen LogP contribution is -2.50. The maximum atomic E-state index is 11.7. The Labute approximate surface area is 104 Å². The summed E-state index contributed by atoms with van der Waals surface area (Å²) in [6, 6.07) is 0. The normalized spacial score (nSPS) is 20.0. The Morgan fingerprint density at radius 2 is 1.76 bits per heavy atom. The SMILES string of the molecule is CN(C)CCN1CCN(S(=O)(=O)CCO)CC1. The molecule has 0 aromatic carbocycles. The fourth-order valence-corrected chi connectivity index (χ4v) is 3.03. The number of rotatable bonds is 6. The van der Waals surface area contributed by atoms with Crippen molar-refractivity contribution in [2.45, 2.75) is 0 Å². The van der Waals surface area contributed by atoms with Gasteiger partial charge in [-0.05, 0) is 14.1 Å². The quantitative estimate of drug-likeness (QED) is 0.632. The van der Waals surface area contributed by atoms with Gasteiger partial charge in [-0.15, -0.1) is 0 Å². The monoisotopic (exact) mass is 265 g/mol. The average Bonchev–Trinajstić information content (AvgIpc) is 2.27. The first-order valence-corrected chi connectivity index (χ1v) is 7.52. The number of hydrogen-bond acceptors (Lipinski definition) is 5. The van der Waals surface area contributed by atoms with Crippen LogP contribution >= 0.6 is 0 Å². The minimum atomic E-state index is -3.24. The lowest BCUT2D eigenvalue weighted by atomic mass is 10.3. The van der Waals surface area contributed by atoms with Gasteiger partial charge in [0.15, 0.2) is 0 Å². The van der Waals surface area contributed by atoms with Crippen molar-refractivity contribution < 1.29 is 13.5 Å². The van der Waals surface area contributed by atoms with Crippen LogP contribution in [-0.4, -0.2) is 93.4 Å². The molecule has 102 valence electrons. The third-order valence-electron chi connectivity index (χ3n) is 2.94. The van der Waals surface area contributed by atoms with E-state index in [4.69, 9.17) is 5.11 Å². The van der Waals surface area contributed by atoms with Crippen LogP contribution in [0.5, 0.6) is 0 Å². The van der Waals surface area contributed by atoms with Gasteiger partial charge in [0.1, 0.15) is 0 Å². The van der Waals surface area contributed by atoms with Crippen molar-refractivity contribution in [3.05, 3.63) is 0 Å². The first kappa shape index (κ1) is 14.8. The summed E-state index contributed by atoms with van der Waals surface area (Å²) in [4.78, 5) is 4.39. The molecule has 0 unspecified atom stereocenters. The zero-order valence-corrected chi connectivity index (χ0v) is 11.5. The highest BCUT2D eigenvalue weighted by atomic mass is 32.2. The zero-order valence-electron chi connectivity index (χ0n) is 10.7. The summed E-state index contributed by atoms with van der Waals surface area (Å²) in [5.74, 6) is -0.162. The Morgan fingerprint density at radius 3 is 2.24 bits per heavy atom. The first-order valence-electron chi connectivity index (χ1n) is 5.91. The number of hydrogen-bond donors (Lipinski definition) is 1. The van der Waals surface area contributed by atoms with Gasteiger partial charge in [0.2, 0.25) is 10.0 Å². The molecule has 7 heteroatoms. The van der Waals surface area contributed by atoms with Crippen LogP contribution in [-0.2, 0) is 10.0 Å². The van der Waals surface area contributed by atoms with Crippen LogP contribution in [0.15, 0.2) is 0 Å². The lowest BCUT2D eigenvalue weighted by molar-refractivity contribution is 0.174. The maximum Gasteiger partial charge on any atom is 0.216 e. The van der Waals surface area contributed by atoms with Gasteiger partial charge in [0.25, 0.3) is 0 Å². The number of piperazine rings is 1. The van der Waals surface area contributed by atoms with Crippen LogP contribution in [0, 0.1) is 0 Å². The predicted molar refractivity (Wildman–Crippen MR) is 67.4 cm³/mol. The molecule has 0 bridgehead atoms. The highest BCUT2D eigenvalue weighted by Crippen LogP contribution is 2.07. The van der Waals surface area contributed by atoms with Crippen LogP contribution in [0.2, 0.25) is 0 Å². The molecule has 1 N–H and O–H groups in total. The first-order chi connectivity index (χ1) is 7.95. The summed E-state index contributed by atoms with van der Waals surface area (Å²) in [6.07, 6.45) is 0. The van der Waals surface area contributed by atoms with E-state index in [1.54, 1.807) is 0 Å². The number of nitrogens with zero attached hydrogens (tertiary/aromatic N) is 3. The van der Waals surface area contributed by atoms with E-state index in [2.05, 4.69) is 9.80 Å². The Hall–Kier alpha value is -0.210. The van der Waals surface area contributed by atoms with E-state index >= 15 is 0 Å². The molecule has 0 atom stereocenters. The van der Waals surface area contributed by atoms with Crippen LogP contribution in [0.4, 0.5) is 0 Å². The summed E-state index contributed by atoms with van der Waals surface area (Å²) < 4.78 is 24.9. The molecule has 0 aromatic rings. The van der Waals surface area contributed by atoms with Gasteiger partial charge in [0, 0.05) is 39.3 Å². The molecule has 0 saturated carbocycles. The third-order valence-corrected chi connectivity index (χ3v) is 4.79. The van der Waals surface area contributed by atoms with E-state index in [-0.39, 0.29) is 12.4 Å². The molecule has 17 heavy (non-hydrogen) atoms. The molecule has 0 aromatic heterocycles. The molecule has 1 rings (SSSR count). The second kappa shape index (κ2) is 6.65. The topological polar surface area (TPSA) is 64.1 Å². The van der Waals surface area contributed by atoms with Crippen LogP contribution in [0.25, 0.3) is 0 Å². The van der Waals surface area contributed by atoms with Crippen molar-refractivity contribution in [3.8, 4) is 0 Å². The van der Waals surface area contributed by atoms with Gasteiger partial charge < -0.3 is 10.0 Å². The van der Waals surface area contributed by atoms with Crippen LogP contribution < -0.4 is 0 Å². The minimum Gasteiger partial charge on any atom is -0.395 e. The van der Waals surface area contributed by atoms with E-state index in [0.29, 0.717) is 13.1 Å². The smallest absolute Gasteiger partial charge is 0.216 e. The third kappa shape index (κ3) is 4.89. The number of likely N-dealkylation sites (N-methyl/N-ethyl adjacent to an activating group) is 1. The van der Waals surface area contributed by atoms with E-state index in [1.165, 1.54) is 4.31 Å². The molecule has 1 saturated heterocycles. The number of aliphatic hydroxyl groups is 1. The highest BCUT2D eigenvalue weighted by Gasteiger charge is 2.25. The summed E-state index contributed by atoms with van der Waals surface area (Å²) in [7, 11) is 0.818. The molecule has 6 nitrogen and oxygen atoms in total. The molecule has 1 heterocycles. The zero-order chi connectivity index (χ0) is 12.9. The van der Waals surface area contributed by atoms with E-state index < -0.39 is 10.0 Å². The van der Waals surface area contributed by atoms with E-state index in [9.17, 15) is 8.42 Å². The van der Waals surface area contributed by atoms with Crippen molar-refractivity contribution in [1.29, 1.82) is 0 Å². The molecule has 0 spiro atoms. The number of sulfonamides is 1. The van der Waals surface area contributed by atoms with Gasteiger partial charge in [-0.3, -0.25) is 4.90 Å². The second-order valence-electron chi connectivity index (χ2n) is 4.58. The largest absolute Gasteiger partial charge is 0.395 e. The highest BCUT2D eigenvalue weighted by molar-refractivity contribution is 7.89. The Kier molecular flexibility index (Phi) is 5.81. The molecule has 0 amide bonds. The van der Waals surface area contributed by atoms with Gasteiger partial charge in [-0.1, -0.05) is 0 Å². The summed E-state index contributed by atoms with van der Waals surface area (Å²) in [5, 5.41) is 8.71. The van der Waals surface area contributed by atoms with Crippen LogP contribution in [0.1, 0.15) is 0 Å². The van der Waals surface area contributed by atoms with Gasteiger partial charge >= 0.3 is 0 Å². The summed E-state index contributed by atoms with van der Waals surface area (Å²) >= 11 is 0. The molecule has 0 radical (unpaired) electrons. The molecule has 1 aliphatic rings. The fourth-order valence-electron chi connectivity index (χ4n) is 1.82. The average molecular weight is 265 g/mol. The maximum absolute atomic E-state index is 11.7. The Bertz CT molecular complexity index is 311. The van der Waals surface area contributed by atoms with Gasteiger partial charge in [-0.2, -0.15) is 4.31 Å². The molecule has 0 aliphatic carbocycles. The van der Waals surface area contributed by atoms with Crippen LogP contribution in [0.3, 0.4) is 0 Å².